The molecule has 3 N–H and O–H groups in total. The summed E-state index contributed by atoms with van der Waals surface area (Å²) in [5.41, 5.74) is 9.91. The maximum atomic E-state index is 12.2. The van der Waals surface area contributed by atoms with Crippen molar-refractivity contribution in [1.82, 2.24) is 10.3 Å². The lowest BCUT2D eigenvalue weighted by molar-refractivity contribution is 0.0950. The third-order valence-corrected chi connectivity index (χ3v) is 3.31. The quantitative estimate of drug-likeness (QED) is 0.842. The number of hydrogen-bond donors (Lipinski definition) is 2. The first-order valence-corrected chi connectivity index (χ1v) is 6.74. The molecule has 1 aromatic heterocycles. The fraction of sp³-hybridized carbons (Fsp3) is 0.250. The van der Waals surface area contributed by atoms with Crippen molar-refractivity contribution in [3.63, 3.8) is 0 Å². The highest BCUT2D eigenvalue weighted by Crippen LogP contribution is 2.22. The van der Waals surface area contributed by atoms with Crippen LogP contribution in [-0.2, 0) is 6.54 Å². The molecular formula is C16H20N4O. The van der Waals surface area contributed by atoms with E-state index >= 15 is 0 Å². The predicted octanol–water partition coefficient (Wildman–Crippen LogP) is 1.97. The molecule has 5 nitrogen and oxygen atoms in total. The molecule has 0 radical (unpaired) electrons. The smallest absolute Gasteiger partial charge is 0.251 e. The van der Waals surface area contributed by atoms with Gasteiger partial charge in [-0.1, -0.05) is 6.07 Å². The minimum Gasteiger partial charge on any atom is -0.397 e. The number of carbonyl (C=O) groups excluding carboxylic acids is 1. The molecule has 1 heterocycles. The van der Waals surface area contributed by atoms with Crippen molar-refractivity contribution in [2.75, 3.05) is 24.7 Å². The molecule has 0 fully saturated rings. The van der Waals surface area contributed by atoms with Crippen molar-refractivity contribution in [3.8, 4) is 0 Å². The van der Waals surface area contributed by atoms with Crippen LogP contribution in [-0.4, -0.2) is 25.0 Å². The number of nitrogens with one attached hydrogen (secondary N) is 1. The molecule has 2 aromatic rings. The molecule has 0 aliphatic rings. The summed E-state index contributed by atoms with van der Waals surface area (Å²) >= 11 is 0. The van der Waals surface area contributed by atoms with Crippen LogP contribution in [0.1, 0.15) is 21.6 Å². The molecule has 0 spiro atoms. The number of nitrogens with zero attached hydrogens (tertiary/aromatic N) is 2. The van der Waals surface area contributed by atoms with Crippen LogP contribution in [0, 0.1) is 6.92 Å². The number of pyridine rings is 1. The standard InChI is InChI=1S/C16H20N4O/c1-11-5-4-8-18-14(11)10-19-16(21)12-6-7-15(20(2)3)13(17)9-12/h4-9H,10,17H2,1-3H3,(H,19,21). The Morgan fingerprint density at radius 3 is 2.71 bits per heavy atom. The van der Waals surface area contributed by atoms with Gasteiger partial charge < -0.3 is 16.0 Å². The van der Waals surface area contributed by atoms with Gasteiger partial charge >= 0.3 is 0 Å². The second-order valence-electron chi connectivity index (χ2n) is 5.12. The summed E-state index contributed by atoms with van der Waals surface area (Å²) in [6.45, 7) is 2.37. The molecule has 110 valence electrons. The lowest BCUT2D eigenvalue weighted by Gasteiger charge is -2.16. The molecular weight excluding hydrogens is 264 g/mol. The fourth-order valence-corrected chi connectivity index (χ4v) is 2.07. The minimum atomic E-state index is -0.156. The van der Waals surface area contributed by atoms with Crippen molar-refractivity contribution in [2.24, 2.45) is 0 Å². The second kappa shape index (κ2) is 6.26. The Balaban J connectivity index is 2.07. The van der Waals surface area contributed by atoms with Gasteiger partial charge in [-0.25, -0.2) is 0 Å². The van der Waals surface area contributed by atoms with Gasteiger partial charge in [0, 0.05) is 25.9 Å². The third-order valence-electron chi connectivity index (χ3n) is 3.31. The Labute approximate surface area is 124 Å². The number of nitrogen functional groups attached to an aromatic ring is 1. The first kappa shape index (κ1) is 14.8. The molecule has 2 rings (SSSR count). The van der Waals surface area contributed by atoms with E-state index in [9.17, 15) is 4.79 Å². The van der Waals surface area contributed by atoms with E-state index in [0.717, 1.165) is 16.9 Å². The molecule has 0 saturated heterocycles. The van der Waals surface area contributed by atoms with Gasteiger partial charge in [0.15, 0.2) is 0 Å². The minimum absolute atomic E-state index is 0.156. The van der Waals surface area contributed by atoms with Crippen molar-refractivity contribution in [3.05, 3.63) is 53.3 Å². The van der Waals surface area contributed by atoms with E-state index in [2.05, 4.69) is 10.3 Å². The van der Waals surface area contributed by atoms with E-state index in [1.807, 2.05) is 44.1 Å². The summed E-state index contributed by atoms with van der Waals surface area (Å²) < 4.78 is 0. The number of carbonyl (C=O) groups is 1. The Bertz CT molecular complexity index is 652. The zero-order valence-corrected chi connectivity index (χ0v) is 12.6. The molecule has 0 unspecified atom stereocenters. The highest BCUT2D eigenvalue weighted by atomic mass is 16.1. The molecule has 21 heavy (non-hydrogen) atoms. The summed E-state index contributed by atoms with van der Waals surface area (Å²) in [6.07, 6.45) is 1.72. The summed E-state index contributed by atoms with van der Waals surface area (Å²) in [5, 5.41) is 2.86. The molecule has 0 aliphatic carbocycles. The Hall–Kier alpha value is -2.56. The van der Waals surface area contributed by atoms with Crippen molar-refractivity contribution in [2.45, 2.75) is 13.5 Å². The SMILES string of the molecule is Cc1cccnc1CNC(=O)c1ccc(N(C)C)c(N)c1. The highest BCUT2D eigenvalue weighted by Gasteiger charge is 2.09. The Morgan fingerprint density at radius 1 is 1.33 bits per heavy atom. The number of benzene rings is 1. The summed E-state index contributed by atoms with van der Waals surface area (Å²) in [5.74, 6) is -0.156. The number of nitrogens with two attached hydrogens (primary N) is 1. The summed E-state index contributed by atoms with van der Waals surface area (Å²) in [4.78, 5) is 18.3. The third kappa shape index (κ3) is 3.51. The topological polar surface area (TPSA) is 71.2 Å². The summed E-state index contributed by atoms with van der Waals surface area (Å²) in [6, 6.07) is 9.15. The van der Waals surface area contributed by atoms with Crippen LogP contribution in [0.3, 0.4) is 0 Å². The van der Waals surface area contributed by atoms with Crippen LogP contribution >= 0.6 is 0 Å². The zero-order chi connectivity index (χ0) is 15.4. The average Bonchev–Trinajstić information content (AvgIpc) is 2.45. The first-order valence-electron chi connectivity index (χ1n) is 6.74. The van der Waals surface area contributed by atoms with Gasteiger partial charge in [-0.05, 0) is 36.8 Å². The maximum absolute atomic E-state index is 12.2. The lowest BCUT2D eigenvalue weighted by Crippen LogP contribution is -2.24. The maximum Gasteiger partial charge on any atom is 0.251 e. The van der Waals surface area contributed by atoms with Gasteiger partial charge in [0.2, 0.25) is 0 Å². The number of hydrogen-bond acceptors (Lipinski definition) is 4. The Morgan fingerprint density at radius 2 is 2.10 bits per heavy atom. The van der Waals surface area contributed by atoms with Crippen molar-refractivity contribution in [1.29, 1.82) is 0 Å². The normalized spacial score (nSPS) is 10.2. The van der Waals surface area contributed by atoms with E-state index < -0.39 is 0 Å². The molecule has 1 amide bonds. The zero-order valence-electron chi connectivity index (χ0n) is 12.6. The highest BCUT2D eigenvalue weighted by molar-refractivity contribution is 5.96. The number of aryl methyl sites for hydroxylation is 1. The first-order chi connectivity index (χ1) is 9.99. The molecule has 0 atom stereocenters. The van der Waals surface area contributed by atoms with Crippen LogP contribution in [0.5, 0.6) is 0 Å². The predicted molar refractivity (Wildman–Crippen MR) is 85.3 cm³/mol. The van der Waals surface area contributed by atoms with E-state index in [-0.39, 0.29) is 5.91 Å². The number of rotatable bonds is 4. The van der Waals surface area contributed by atoms with E-state index in [1.54, 1.807) is 18.3 Å². The van der Waals surface area contributed by atoms with E-state index in [4.69, 9.17) is 5.73 Å². The van der Waals surface area contributed by atoms with Gasteiger partial charge in [-0.3, -0.25) is 9.78 Å². The van der Waals surface area contributed by atoms with Crippen LogP contribution in [0.25, 0.3) is 0 Å². The number of anilines is 2. The van der Waals surface area contributed by atoms with Gasteiger partial charge in [0.25, 0.3) is 5.91 Å². The molecule has 0 bridgehead atoms. The van der Waals surface area contributed by atoms with E-state index in [0.29, 0.717) is 17.8 Å². The number of amides is 1. The monoisotopic (exact) mass is 284 g/mol. The fourth-order valence-electron chi connectivity index (χ4n) is 2.07. The van der Waals surface area contributed by atoms with E-state index in [1.165, 1.54) is 0 Å². The molecule has 0 saturated carbocycles. The molecule has 0 aliphatic heterocycles. The van der Waals surface area contributed by atoms with Crippen molar-refractivity contribution >= 4 is 17.3 Å². The van der Waals surface area contributed by atoms with Gasteiger partial charge in [-0.15, -0.1) is 0 Å². The molecule has 1 aromatic carbocycles. The van der Waals surface area contributed by atoms with Crippen LogP contribution in [0.4, 0.5) is 11.4 Å². The lowest BCUT2D eigenvalue weighted by atomic mass is 10.1. The second-order valence-corrected chi connectivity index (χ2v) is 5.12. The van der Waals surface area contributed by atoms with Crippen LogP contribution < -0.4 is 16.0 Å². The van der Waals surface area contributed by atoms with Crippen molar-refractivity contribution < 1.29 is 4.79 Å². The van der Waals surface area contributed by atoms with Gasteiger partial charge in [0.05, 0.1) is 23.6 Å². The Kier molecular flexibility index (Phi) is 4.42. The largest absolute Gasteiger partial charge is 0.397 e. The number of aromatic nitrogens is 1. The van der Waals surface area contributed by atoms with Gasteiger partial charge in [-0.2, -0.15) is 0 Å². The van der Waals surface area contributed by atoms with Crippen LogP contribution in [0.15, 0.2) is 36.5 Å². The average molecular weight is 284 g/mol. The summed E-state index contributed by atoms with van der Waals surface area (Å²) in [7, 11) is 3.82. The van der Waals surface area contributed by atoms with Gasteiger partial charge in [0.1, 0.15) is 0 Å². The molecule has 5 heteroatoms. The van der Waals surface area contributed by atoms with Crippen LogP contribution in [0.2, 0.25) is 0 Å².